The Morgan fingerprint density at radius 1 is 1.57 bits per heavy atom. The van der Waals surface area contributed by atoms with Crippen molar-refractivity contribution in [3.8, 4) is 0 Å². The highest BCUT2D eigenvalue weighted by atomic mass is 15.4. The van der Waals surface area contributed by atoms with Crippen molar-refractivity contribution in [3.63, 3.8) is 0 Å². The maximum atomic E-state index is 3.16. The second kappa shape index (κ2) is 2.28. The second-order valence-electron chi connectivity index (χ2n) is 1.95. The molecule has 0 aromatic rings. The van der Waals surface area contributed by atoms with Crippen molar-refractivity contribution in [2.75, 3.05) is 6.54 Å². The normalized spacial score (nSPS) is 20.1. The monoisotopic (exact) mass is 100 g/mol. The van der Waals surface area contributed by atoms with Gasteiger partial charge in [-0.3, -0.25) is 10.9 Å². The number of rotatable bonds is 3. The van der Waals surface area contributed by atoms with Crippen LogP contribution in [0.1, 0.15) is 19.8 Å². The molecule has 2 N–H and O–H groups in total. The zero-order valence-electron chi connectivity index (χ0n) is 4.70. The highest BCUT2D eigenvalue weighted by Crippen LogP contribution is 2.17. The van der Waals surface area contributed by atoms with Crippen LogP contribution in [0.25, 0.3) is 0 Å². The molecule has 0 atom stereocenters. The van der Waals surface area contributed by atoms with Crippen molar-refractivity contribution in [3.05, 3.63) is 0 Å². The van der Waals surface area contributed by atoms with Crippen LogP contribution in [0.2, 0.25) is 0 Å². The van der Waals surface area contributed by atoms with Gasteiger partial charge in [-0.05, 0) is 12.8 Å². The molecular weight excluding hydrogens is 88.1 g/mol. The van der Waals surface area contributed by atoms with Gasteiger partial charge in [-0.25, -0.2) is 0 Å². The molecular formula is C5H12N2. The first-order valence-electron chi connectivity index (χ1n) is 2.92. The van der Waals surface area contributed by atoms with Crippen LogP contribution in [-0.2, 0) is 0 Å². The van der Waals surface area contributed by atoms with Crippen molar-refractivity contribution >= 4 is 0 Å². The predicted octanol–water partition coefficient (Wildman–Crippen LogP) is 0.263. The first kappa shape index (κ1) is 5.06. The number of hydrogen-bond acceptors (Lipinski definition) is 2. The molecule has 0 amide bonds. The fraction of sp³-hybridized carbons (Fsp3) is 1.00. The van der Waals surface area contributed by atoms with Crippen molar-refractivity contribution in [2.24, 2.45) is 0 Å². The molecule has 2 nitrogen and oxygen atoms in total. The van der Waals surface area contributed by atoms with E-state index in [1.165, 1.54) is 12.8 Å². The van der Waals surface area contributed by atoms with Gasteiger partial charge in [-0.1, -0.05) is 6.92 Å². The van der Waals surface area contributed by atoms with E-state index in [0.717, 1.165) is 12.6 Å². The summed E-state index contributed by atoms with van der Waals surface area (Å²) in [7, 11) is 0. The van der Waals surface area contributed by atoms with E-state index in [9.17, 15) is 0 Å². The zero-order valence-corrected chi connectivity index (χ0v) is 4.70. The molecule has 1 aliphatic rings. The number of nitrogens with one attached hydrogen (secondary N) is 2. The van der Waals surface area contributed by atoms with Gasteiger partial charge in [0, 0.05) is 12.6 Å². The molecule has 1 fully saturated rings. The maximum absolute atomic E-state index is 3.16. The molecule has 0 aliphatic heterocycles. The highest BCUT2D eigenvalue weighted by molar-refractivity contribution is 4.78. The van der Waals surface area contributed by atoms with Crippen LogP contribution in [-0.4, -0.2) is 12.6 Å². The molecule has 2 heteroatoms. The third kappa shape index (κ3) is 1.90. The number of hydrazine groups is 1. The summed E-state index contributed by atoms with van der Waals surface area (Å²) in [6, 6.07) is 0.792. The summed E-state index contributed by atoms with van der Waals surface area (Å²) >= 11 is 0. The molecule has 7 heavy (non-hydrogen) atoms. The summed E-state index contributed by atoms with van der Waals surface area (Å²) in [5.74, 6) is 0. The van der Waals surface area contributed by atoms with E-state index in [2.05, 4.69) is 17.8 Å². The molecule has 0 spiro atoms. The first-order chi connectivity index (χ1) is 3.43. The molecule has 0 aromatic carbocycles. The standard InChI is InChI=1S/C5H12N2/c1-2-6-7-5-3-4-5/h5-7H,2-4H2,1H3. The van der Waals surface area contributed by atoms with E-state index in [0.29, 0.717) is 0 Å². The predicted molar refractivity (Wildman–Crippen MR) is 29.8 cm³/mol. The van der Waals surface area contributed by atoms with Gasteiger partial charge in [-0.2, -0.15) is 0 Å². The van der Waals surface area contributed by atoms with Crippen molar-refractivity contribution in [1.82, 2.24) is 10.9 Å². The molecule has 0 aromatic heterocycles. The molecule has 42 valence electrons. The number of hydrogen-bond donors (Lipinski definition) is 2. The topological polar surface area (TPSA) is 24.1 Å². The van der Waals surface area contributed by atoms with E-state index in [1.54, 1.807) is 0 Å². The smallest absolute Gasteiger partial charge is 0.0214 e. The van der Waals surface area contributed by atoms with E-state index < -0.39 is 0 Å². The molecule has 0 heterocycles. The molecule has 0 radical (unpaired) electrons. The maximum Gasteiger partial charge on any atom is 0.0214 e. The molecule has 0 bridgehead atoms. The van der Waals surface area contributed by atoms with Gasteiger partial charge in [0.2, 0.25) is 0 Å². The van der Waals surface area contributed by atoms with Gasteiger partial charge in [0.25, 0.3) is 0 Å². The van der Waals surface area contributed by atoms with E-state index in [-0.39, 0.29) is 0 Å². The highest BCUT2D eigenvalue weighted by Gasteiger charge is 2.19. The summed E-state index contributed by atoms with van der Waals surface area (Å²) in [4.78, 5) is 0. The summed E-state index contributed by atoms with van der Waals surface area (Å²) in [5.41, 5.74) is 6.22. The van der Waals surface area contributed by atoms with E-state index >= 15 is 0 Å². The van der Waals surface area contributed by atoms with Crippen molar-refractivity contribution in [1.29, 1.82) is 0 Å². The lowest BCUT2D eigenvalue weighted by molar-refractivity contribution is 0.547. The van der Waals surface area contributed by atoms with Crippen LogP contribution < -0.4 is 10.9 Å². The van der Waals surface area contributed by atoms with Crippen LogP contribution in [0, 0.1) is 0 Å². The zero-order chi connectivity index (χ0) is 5.11. The Bertz CT molecular complexity index is 50.0. The average Bonchev–Trinajstić information content (AvgIpc) is 2.42. The van der Waals surface area contributed by atoms with Gasteiger partial charge in [0.15, 0.2) is 0 Å². The lowest BCUT2D eigenvalue weighted by atomic mass is 10.7. The molecule has 1 aliphatic carbocycles. The molecule has 1 rings (SSSR count). The third-order valence-electron chi connectivity index (χ3n) is 1.06. The average molecular weight is 100 g/mol. The Hall–Kier alpha value is -0.0800. The van der Waals surface area contributed by atoms with Crippen LogP contribution in [0.3, 0.4) is 0 Å². The van der Waals surface area contributed by atoms with E-state index in [4.69, 9.17) is 0 Å². The Kier molecular flexibility index (Phi) is 1.65. The van der Waals surface area contributed by atoms with Crippen LogP contribution >= 0.6 is 0 Å². The Balaban J connectivity index is 1.80. The van der Waals surface area contributed by atoms with Crippen molar-refractivity contribution < 1.29 is 0 Å². The fourth-order valence-corrected chi connectivity index (χ4v) is 0.474. The summed E-state index contributed by atoms with van der Waals surface area (Å²) in [5, 5.41) is 0. The lowest BCUT2D eigenvalue weighted by Gasteiger charge is -1.98. The van der Waals surface area contributed by atoms with Gasteiger partial charge >= 0.3 is 0 Å². The van der Waals surface area contributed by atoms with E-state index in [1.807, 2.05) is 0 Å². The molecule has 0 saturated heterocycles. The van der Waals surface area contributed by atoms with Crippen LogP contribution in [0.4, 0.5) is 0 Å². The SMILES string of the molecule is CCNNC1CC1. The van der Waals surface area contributed by atoms with Gasteiger partial charge in [0.1, 0.15) is 0 Å². The quantitative estimate of drug-likeness (QED) is 0.497. The Morgan fingerprint density at radius 2 is 2.29 bits per heavy atom. The van der Waals surface area contributed by atoms with Crippen molar-refractivity contribution in [2.45, 2.75) is 25.8 Å². The minimum atomic E-state index is 0.792. The van der Waals surface area contributed by atoms with Crippen LogP contribution in [0.5, 0.6) is 0 Å². The summed E-state index contributed by atoms with van der Waals surface area (Å²) < 4.78 is 0. The summed E-state index contributed by atoms with van der Waals surface area (Å²) in [6.45, 7) is 3.12. The lowest BCUT2D eigenvalue weighted by Crippen LogP contribution is -2.32. The third-order valence-corrected chi connectivity index (χ3v) is 1.06. The Morgan fingerprint density at radius 3 is 2.71 bits per heavy atom. The second-order valence-corrected chi connectivity index (χ2v) is 1.95. The minimum absolute atomic E-state index is 0.792. The van der Waals surface area contributed by atoms with Gasteiger partial charge in [0.05, 0.1) is 0 Å². The summed E-state index contributed by atoms with van der Waals surface area (Å²) in [6.07, 6.45) is 2.71. The molecule has 0 unspecified atom stereocenters. The van der Waals surface area contributed by atoms with Gasteiger partial charge < -0.3 is 0 Å². The largest absolute Gasteiger partial charge is 0.258 e. The van der Waals surface area contributed by atoms with Crippen LogP contribution in [0.15, 0.2) is 0 Å². The Labute approximate surface area is 44.3 Å². The first-order valence-corrected chi connectivity index (χ1v) is 2.92. The fourth-order valence-electron chi connectivity index (χ4n) is 0.474. The van der Waals surface area contributed by atoms with Gasteiger partial charge in [-0.15, -0.1) is 0 Å². The molecule has 1 saturated carbocycles. The minimum Gasteiger partial charge on any atom is -0.258 e.